The first-order chi connectivity index (χ1) is 21.9. The van der Waals surface area contributed by atoms with Crippen LogP contribution < -0.4 is 9.47 Å². The zero-order chi connectivity index (χ0) is 32.6. The van der Waals surface area contributed by atoms with E-state index in [4.69, 9.17) is 35.5 Å². The highest BCUT2D eigenvalue weighted by Crippen LogP contribution is 2.49. The average Bonchev–Trinajstić information content (AvgIpc) is 3.66. The number of aromatic nitrogens is 2. The molecule has 0 saturated carbocycles. The van der Waals surface area contributed by atoms with Gasteiger partial charge in [0.25, 0.3) is 5.79 Å². The van der Waals surface area contributed by atoms with Gasteiger partial charge < -0.3 is 23.5 Å². The Morgan fingerprint density at radius 2 is 2.02 bits per heavy atom. The summed E-state index contributed by atoms with van der Waals surface area (Å²) < 4.78 is 40.8. The molecule has 1 atom stereocenters. The number of benzene rings is 2. The quantitative estimate of drug-likeness (QED) is 0.0894. The summed E-state index contributed by atoms with van der Waals surface area (Å²) in [6.07, 6.45) is 3.00. The van der Waals surface area contributed by atoms with Crippen molar-refractivity contribution in [3.63, 3.8) is 0 Å². The minimum absolute atomic E-state index is 0.289. The molecular weight excluding hydrogens is 645 g/mol. The SMILES string of the molecule is CCOC(=O)c1cc2c(nc(CN3CC=C(c4cccc5c4O[C@@](C)(c4ccc(Cl)cc4F)O5)CC3)n2COCC[Si](C)(C)C)s1. The largest absolute Gasteiger partial charge is 0.462 e. The van der Waals surface area contributed by atoms with Crippen LogP contribution in [0.2, 0.25) is 30.7 Å². The van der Waals surface area contributed by atoms with Crippen molar-refractivity contribution in [1.29, 1.82) is 0 Å². The Balaban J connectivity index is 1.19. The molecule has 244 valence electrons. The van der Waals surface area contributed by atoms with Crippen LogP contribution in [0.1, 0.15) is 46.9 Å². The first-order valence-electron chi connectivity index (χ1n) is 15.6. The van der Waals surface area contributed by atoms with E-state index in [1.165, 1.54) is 17.4 Å². The maximum atomic E-state index is 14.8. The third-order valence-corrected chi connectivity index (χ3v) is 11.2. The topological polar surface area (TPSA) is 75.0 Å². The highest BCUT2D eigenvalue weighted by molar-refractivity contribution is 7.20. The molecule has 0 saturated heterocycles. The summed E-state index contributed by atoms with van der Waals surface area (Å²) in [6, 6.07) is 13.2. The molecule has 12 heteroatoms. The predicted molar refractivity (Wildman–Crippen MR) is 182 cm³/mol. The summed E-state index contributed by atoms with van der Waals surface area (Å²) in [6.45, 7) is 14.1. The van der Waals surface area contributed by atoms with E-state index in [-0.39, 0.29) is 11.5 Å². The number of hydrogen-bond donors (Lipinski definition) is 0. The van der Waals surface area contributed by atoms with Crippen molar-refractivity contribution in [1.82, 2.24) is 14.5 Å². The highest BCUT2D eigenvalue weighted by Gasteiger charge is 2.42. The van der Waals surface area contributed by atoms with Crippen LogP contribution in [0, 0.1) is 5.82 Å². The van der Waals surface area contributed by atoms with Crippen molar-refractivity contribution in [2.45, 2.75) is 65.0 Å². The second-order valence-electron chi connectivity index (χ2n) is 12.9. The van der Waals surface area contributed by atoms with Gasteiger partial charge in [0.05, 0.1) is 24.2 Å². The molecule has 2 aromatic heterocycles. The van der Waals surface area contributed by atoms with Gasteiger partial charge in [-0.2, -0.15) is 0 Å². The van der Waals surface area contributed by atoms with Gasteiger partial charge in [0, 0.05) is 45.3 Å². The Hall–Kier alpha value is -3.22. The Morgan fingerprint density at radius 1 is 1.20 bits per heavy atom. The molecule has 0 fully saturated rings. The van der Waals surface area contributed by atoms with Crippen molar-refractivity contribution in [3.8, 4) is 11.5 Å². The van der Waals surface area contributed by atoms with E-state index in [1.807, 2.05) is 24.3 Å². The Morgan fingerprint density at radius 3 is 2.74 bits per heavy atom. The summed E-state index contributed by atoms with van der Waals surface area (Å²) in [5.74, 6) is -0.0119. The highest BCUT2D eigenvalue weighted by atomic mass is 35.5. The van der Waals surface area contributed by atoms with Crippen molar-refractivity contribution < 1.29 is 28.1 Å². The zero-order valence-corrected chi connectivity index (χ0v) is 29.4. The summed E-state index contributed by atoms with van der Waals surface area (Å²) >= 11 is 7.34. The summed E-state index contributed by atoms with van der Waals surface area (Å²) in [5.41, 5.74) is 3.27. The van der Waals surface area contributed by atoms with Crippen LogP contribution in [0.15, 0.2) is 48.5 Å². The molecule has 0 spiro atoms. The molecule has 8 nitrogen and oxygen atoms in total. The fourth-order valence-corrected chi connectivity index (χ4v) is 7.57. The van der Waals surface area contributed by atoms with Crippen LogP contribution in [0.4, 0.5) is 4.39 Å². The molecule has 4 aromatic rings. The van der Waals surface area contributed by atoms with Crippen molar-refractivity contribution in [3.05, 3.63) is 81.2 Å². The Bertz CT molecular complexity index is 1800. The second kappa shape index (κ2) is 13.1. The minimum Gasteiger partial charge on any atom is -0.462 e. The van der Waals surface area contributed by atoms with Crippen LogP contribution in [-0.4, -0.2) is 54.8 Å². The third kappa shape index (κ3) is 6.89. The first-order valence-corrected chi connectivity index (χ1v) is 20.5. The third-order valence-electron chi connectivity index (χ3n) is 8.22. The predicted octanol–water partition coefficient (Wildman–Crippen LogP) is 8.31. The molecule has 2 aliphatic rings. The average molecular weight is 684 g/mol. The van der Waals surface area contributed by atoms with Gasteiger partial charge in [-0.25, -0.2) is 14.2 Å². The summed E-state index contributed by atoms with van der Waals surface area (Å²) in [7, 11) is -1.23. The maximum Gasteiger partial charge on any atom is 0.348 e. The molecular formula is C34H39ClFN3O5SSi. The normalized spacial score (nSPS) is 18.3. The van der Waals surface area contributed by atoms with Gasteiger partial charge in [0.2, 0.25) is 0 Å². The molecule has 0 bridgehead atoms. The van der Waals surface area contributed by atoms with Gasteiger partial charge in [-0.05, 0) is 55.3 Å². The van der Waals surface area contributed by atoms with E-state index in [9.17, 15) is 9.18 Å². The zero-order valence-electron chi connectivity index (χ0n) is 26.8. The van der Waals surface area contributed by atoms with Gasteiger partial charge in [0.15, 0.2) is 11.5 Å². The first kappa shape index (κ1) is 32.7. The molecule has 0 unspecified atom stereocenters. The van der Waals surface area contributed by atoms with E-state index >= 15 is 0 Å². The standard InChI is InChI=1S/C34H39ClFN3O5SSi/c1-6-42-33(40)29-19-27-32(45-29)37-30(39(27)21-41-16-17-46(3,4)5)20-38-14-12-22(13-15-38)24-8-7-9-28-31(24)44-34(2,43-28)25-11-10-23(35)18-26(25)36/h7-12,18-19H,6,13-17,20-21H2,1-5H3/t34-/m0/s1. The summed E-state index contributed by atoms with van der Waals surface area (Å²) in [4.78, 5) is 21.1. The Labute approximate surface area is 278 Å². The molecule has 0 N–H and O–H groups in total. The molecule has 2 aromatic carbocycles. The number of ether oxygens (including phenoxy) is 4. The number of carbonyl (C=O) groups excluding carboxylic acids is 1. The Kier molecular flexibility index (Phi) is 9.33. The second-order valence-corrected chi connectivity index (χ2v) is 20.0. The number of halogens is 2. The van der Waals surface area contributed by atoms with E-state index in [0.717, 1.165) is 46.3 Å². The molecule has 4 heterocycles. The van der Waals surface area contributed by atoms with Gasteiger partial charge in [-0.3, -0.25) is 4.90 Å². The number of carbonyl (C=O) groups is 1. The van der Waals surface area contributed by atoms with Gasteiger partial charge >= 0.3 is 5.97 Å². The number of nitrogens with zero attached hydrogens (tertiary/aromatic N) is 3. The fourth-order valence-electron chi connectivity index (χ4n) is 5.71. The van der Waals surface area contributed by atoms with Crippen LogP contribution in [0.3, 0.4) is 0 Å². The van der Waals surface area contributed by atoms with Crippen LogP contribution >= 0.6 is 22.9 Å². The number of fused-ring (bicyclic) bond motifs is 2. The van der Waals surface area contributed by atoms with Gasteiger partial charge in [-0.1, -0.05) is 49.5 Å². The number of hydrogen-bond acceptors (Lipinski definition) is 8. The monoisotopic (exact) mass is 683 g/mol. The number of imidazole rings is 1. The molecule has 46 heavy (non-hydrogen) atoms. The van der Waals surface area contributed by atoms with E-state index < -0.39 is 19.7 Å². The number of rotatable bonds is 11. The minimum atomic E-state index is -1.30. The van der Waals surface area contributed by atoms with Crippen molar-refractivity contribution in [2.24, 2.45) is 0 Å². The van der Waals surface area contributed by atoms with Crippen LogP contribution in [-0.2, 0) is 28.5 Å². The van der Waals surface area contributed by atoms with E-state index in [1.54, 1.807) is 26.0 Å². The lowest BCUT2D eigenvalue weighted by Crippen LogP contribution is -2.32. The maximum absolute atomic E-state index is 14.8. The summed E-state index contributed by atoms with van der Waals surface area (Å²) in [5, 5.41) is 0.316. The molecule has 0 radical (unpaired) electrons. The molecule has 0 aliphatic carbocycles. The van der Waals surface area contributed by atoms with Crippen molar-refractivity contribution >= 4 is 52.9 Å². The lowest BCUT2D eigenvalue weighted by Gasteiger charge is -2.27. The fraction of sp³-hybridized carbons (Fsp3) is 0.412. The number of esters is 1. The van der Waals surface area contributed by atoms with Crippen molar-refractivity contribution in [2.75, 3.05) is 26.3 Å². The van der Waals surface area contributed by atoms with Gasteiger partial charge in [0.1, 0.15) is 28.1 Å². The van der Waals surface area contributed by atoms with Crippen LogP contribution in [0.5, 0.6) is 11.5 Å². The molecule has 2 aliphatic heterocycles. The molecule has 6 rings (SSSR count). The number of para-hydroxylation sites is 1. The lowest BCUT2D eigenvalue weighted by atomic mass is 9.98. The van der Waals surface area contributed by atoms with Gasteiger partial charge in [-0.15, -0.1) is 11.3 Å². The van der Waals surface area contributed by atoms with E-state index in [0.29, 0.717) is 54.4 Å². The van der Waals surface area contributed by atoms with Crippen LogP contribution in [0.25, 0.3) is 15.9 Å². The van der Waals surface area contributed by atoms with E-state index in [2.05, 4.69) is 35.2 Å². The number of thiophene rings is 1. The smallest absolute Gasteiger partial charge is 0.348 e. The molecule has 0 amide bonds. The lowest BCUT2D eigenvalue weighted by molar-refractivity contribution is -0.0708.